The van der Waals surface area contributed by atoms with E-state index in [1.165, 1.54) is 4.90 Å². The van der Waals surface area contributed by atoms with E-state index in [1.54, 1.807) is 24.3 Å². The van der Waals surface area contributed by atoms with Crippen LogP contribution in [-0.2, 0) is 0 Å². The lowest BCUT2D eigenvalue weighted by molar-refractivity contribution is 0.0650. The Labute approximate surface area is 130 Å². The van der Waals surface area contributed by atoms with Crippen LogP contribution in [0.3, 0.4) is 0 Å². The summed E-state index contributed by atoms with van der Waals surface area (Å²) in [7, 11) is 0. The molecule has 2 amide bonds. The lowest BCUT2D eigenvalue weighted by atomic mass is 9.99. The number of nitrogens with zero attached hydrogens (tertiary/aromatic N) is 1. The van der Waals surface area contributed by atoms with Crippen LogP contribution >= 0.6 is 0 Å². The second-order valence-electron chi connectivity index (χ2n) is 6.23. The van der Waals surface area contributed by atoms with E-state index >= 15 is 0 Å². The predicted molar refractivity (Wildman–Crippen MR) is 82.7 cm³/mol. The predicted octanol–water partition coefficient (Wildman–Crippen LogP) is 1.57. The first-order chi connectivity index (χ1) is 10.7. The number of aliphatic hydroxyl groups is 1. The van der Waals surface area contributed by atoms with Gasteiger partial charge in [-0.3, -0.25) is 14.5 Å². The van der Waals surface area contributed by atoms with Crippen molar-refractivity contribution in [3.8, 4) is 0 Å². The summed E-state index contributed by atoms with van der Waals surface area (Å²) in [5.74, 6) is -0.392. The molecule has 2 N–H and O–H groups in total. The Morgan fingerprint density at radius 1 is 1.09 bits per heavy atom. The van der Waals surface area contributed by atoms with Crippen LogP contribution < -0.4 is 5.32 Å². The van der Waals surface area contributed by atoms with E-state index < -0.39 is 0 Å². The van der Waals surface area contributed by atoms with Crippen LogP contribution in [0.5, 0.6) is 0 Å². The highest BCUT2D eigenvalue weighted by Gasteiger charge is 2.35. The van der Waals surface area contributed by atoms with Crippen molar-refractivity contribution >= 4 is 11.8 Å². The average Bonchev–Trinajstić information content (AvgIpc) is 3.11. The van der Waals surface area contributed by atoms with Gasteiger partial charge in [-0.05, 0) is 37.9 Å². The molecule has 0 radical (unpaired) electrons. The quantitative estimate of drug-likeness (QED) is 0.618. The minimum atomic E-state index is -0.196. The van der Waals surface area contributed by atoms with Crippen molar-refractivity contribution in [1.29, 1.82) is 0 Å². The molecule has 0 saturated heterocycles. The molecule has 22 heavy (non-hydrogen) atoms. The first-order valence-electron chi connectivity index (χ1n) is 7.98. The molecule has 0 unspecified atom stereocenters. The smallest absolute Gasteiger partial charge is 0.261 e. The zero-order valence-corrected chi connectivity index (χ0v) is 12.7. The van der Waals surface area contributed by atoms with Gasteiger partial charge in [-0.25, -0.2) is 0 Å². The SMILES string of the molecule is O=C1c2ccccc2C(=O)N1CCCNC1(CO)CCCC1. The van der Waals surface area contributed by atoms with Crippen molar-refractivity contribution < 1.29 is 14.7 Å². The summed E-state index contributed by atoms with van der Waals surface area (Å²) in [5.41, 5.74) is 0.855. The van der Waals surface area contributed by atoms with E-state index in [-0.39, 0.29) is 24.0 Å². The molecule has 118 valence electrons. The van der Waals surface area contributed by atoms with Crippen LogP contribution in [0.25, 0.3) is 0 Å². The zero-order valence-electron chi connectivity index (χ0n) is 12.7. The summed E-state index contributed by atoms with van der Waals surface area (Å²) < 4.78 is 0. The van der Waals surface area contributed by atoms with Gasteiger partial charge < -0.3 is 10.4 Å². The largest absolute Gasteiger partial charge is 0.394 e. The van der Waals surface area contributed by atoms with Gasteiger partial charge >= 0.3 is 0 Å². The lowest BCUT2D eigenvalue weighted by Crippen LogP contribution is -2.47. The third-order valence-corrected chi connectivity index (χ3v) is 4.80. The molecule has 1 aliphatic carbocycles. The highest BCUT2D eigenvalue weighted by molar-refractivity contribution is 6.21. The fourth-order valence-electron chi connectivity index (χ4n) is 3.48. The topological polar surface area (TPSA) is 69.6 Å². The number of carbonyl (C=O) groups excluding carboxylic acids is 2. The number of rotatable bonds is 6. The first-order valence-corrected chi connectivity index (χ1v) is 7.98. The van der Waals surface area contributed by atoms with Crippen molar-refractivity contribution in [2.45, 2.75) is 37.6 Å². The number of imide groups is 1. The number of amides is 2. The molecule has 3 rings (SSSR count). The van der Waals surface area contributed by atoms with Crippen molar-refractivity contribution in [1.82, 2.24) is 10.2 Å². The van der Waals surface area contributed by atoms with Gasteiger partial charge in [-0.2, -0.15) is 0 Å². The summed E-state index contributed by atoms with van der Waals surface area (Å²) in [5, 5.41) is 13.0. The molecule has 5 heteroatoms. The fourth-order valence-corrected chi connectivity index (χ4v) is 3.48. The van der Waals surface area contributed by atoms with Gasteiger partial charge in [0.05, 0.1) is 17.7 Å². The van der Waals surface area contributed by atoms with E-state index in [9.17, 15) is 14.7 Å². The second kappa shape index (κ2) is 6.18. The van der Waals surface area contributed by atoms with Gasteiger partial charge in [0.2, 0.25) is 0 Å². The Hall–Kier alpha value is -1.72. The molecule has 1 fully saturated rings. The van der Waals surface area contributed by atoms with Crippen LogP contribution in [-0.4, -0.2) is 47.1 Å². The van der Waals surface area contributed by atoms with Gasteiger partial charge in [-0.1, -0.05) is 25.0 Å². The normalized spacial score (nSPS) is 19.8. The highest BCUT2D eigenvalue weighted by atomic mass is 16.3. The maximum Gasteiger partial charge on any atom is 0.261 e. The van der Waals surface area contributed by atoms with Gasteiger partial charge in [0.15, 0.2) is 0 Å². The summed E-state index contributed by atoms with van der Waals surface area (Å²) >= 11 is 0. The summed E-state index contributed by atoms with van der Waals surface area (Å²) in [6.45, 7) is 1.27. The molecular weight excluding hydrogens is 280 g/mol. The highest BCUT2D eigenvalue weighted by Crippen LogP contribution is 2.29. The van der Waals surface area contributed by atoms with Crippen LogP contribution in [0.15, 0.2) is 24.3 Å². The molecule has 1 aromatic rings. The van der Waals surface area contributed by atoms with Gasteiger partial charge in [0, 0.05) is 12.1 Å². The van der Waals surface area contributed by atoms with Gasteiger partial charge in [0.1, 0.15) is 0 Å². The Morgan fingerprint density at radius 3 is 2.23 bits per heavy atom. The van der Waals surface area contributed by atoms with Gasteiger partial charge in [0.25, 0.3) is 11.8 Å². The molecule has 1 aliphatic heterocycles. The number of hydrogen-bond acceptors (Lipinski definition) is 4. The number of fused-ring (bicyclic) bond motifs is 1. The average molecular weight is 302 g/mol. The Balaban J connectivity index is 1.53. The Kier molecular flexibility index (Phi) is 4.27. The van der Waals surface area contributed by atoms with E-state index in [0.717, 1.165) is 25.7 Å². The van der Waals surface area contributed by atoms with Crippen molar-refractivity contribution in [3.63, 3.8) is 0 Å². The molecule has 0 atom stereocenters. The molecule has 1 heterocycles. The summed E-state index contributed by atoms with van der Waals surface area (Å²) in [4.78, 5) is 25.8. The maximum absolute atomic E-state index is 12.2. The summed E-state index contributed by atoms with van der Waals surface area (Å²) in [6.07, 6.45) is 4.98. The second-order valence-corrected chi connectivity index (χ2v) is 6.23. The van der Waals surface area contributed by atoms with E-state index in [1.807, 2.05) is 0 Å². The molecule has 0 bridgehead atoms. The van der Waals surface area contributed by atoms with Crippen molar-refractivity contribution in [2.75, 3.05) is 19.7 Å². The third kappa shape index (κ3) is 2.66. The van der Waals surface area contributed by atoms with E-state index in [4.69, 9.17) is 0 Å². The van der Waals surface area contributed by atoms with Crippen LogP contribution in [0.1, 0.15) is 52.8 Å². The van der Waals surface area contributed by atoms with Crippen molar-refractivity contribution in [3.05, 3.63) is 35.4 Å². The number of nitrogens with one attached hydrogen (secondary N) is 1. The first kappa shape index (κ1) is 15.2. The van der Waals surface area contributed by atoms with Crippen LogP contribution in [0.2, 0.25) is 0 Å². The molecule has 1 aromatic carbocycles. The summed E-state index contributed by atoms with van der Waals surface area (Å²) in [6, 6.07) is 6.96. The van der Waals surface area contributed by atoms with Gasteiger partial charge in [-0.15, -0.1) is 0 Å². The van der Waals surface area contributed by atoms with E-state index in [2.05, 4.69) is 5.32 Å². The van der Waals surface area contributed by atoms with Crippen molar-refractivity contribution in [2.24, 2.45) is 0 Å². The minimum absolute atomic E-state index is 0.151. The molecule has 5 nitrogen and oxygen atoms in total. The minimum Gasteiger partial charge on any atom is -0.394 e. The number of aliphatic hydroxyl groups excluding tert-OH is 1. The zero-order chi connectivity index (χ0) is 15.6. The monoisotopic (exact) mass is 302 g/mol. The number of hydrogen-bond donors (Lipinski definition) is 2. The number of benzene rings is 1. The lowest BCUT2D eigenvalue weighted by Gasteiger charge is -2.28. The van der Waals surface area contributed by atoms with Crippen LogP contribution in [0.4, 0.5) is 0 Å². The molecule has 0 spiro atoms. The third-order valence-electron chi connectivity index (χ3n) is 4.80. The molecular formula is C17H22N2O3. The molecule has 1 saturated carbocycles. The molecule has 2 aliphatic rings. The maximum atomic E-state index is 12.2. The van der Waals surface area contributed by atoms with Crippen LogP contribution in [0, 0.1) is 0 Å². The standard InChI is InChI=1S/C17H22N2O3/c20-12-17(8-3-4-9-17)18-10-5-11-19-15(21)13-6-1-2-7-14(13)16(19)22/h1-2,6-7,18,20H,3-5,8-12H2. The Bertz CT molecular complexity index is 544. The Morgan fingerprint density at radius 2 is 1.68 bits per heavy atom. The van der Waals surface area contributed by atoms with E-state index in [0.29, 0.717) is 30.6 Å². The number of carbonyl (C=O) groups is 2. The fraction of sp³-hybridized carbons (Fsp3) is 0.529. The molecule has 0 aromatic heterocycles.